The van der Waals surface area contributed by atoms with Gasteiger partial charge in [-0.15, -0.1) is 0 Å². The van der Waals surface area contributed by atoms with E-state index in [2.05, 4.69) is 15.3 Å². The number of amides is 1. The van der Waals surface area contributed by atoms with Crippen LogP contribution >= 0.6 is 0 Å². The number of nitrogens with one attached hydrogen (secondary N) is 2. The number of carbonyl (C=O) groups is 1. The van der Waals surface area contributed by atoms with Gasteiger partial charge in [0.2, 0.25) is 5.95 Å². The fraction of sp³-hybridized carbons (Fsp3) is 0.421. The number of aromatic nitrogens is 2. The first kappa shape index (κ1) is 21.5. The molecule has 6 nitrogen and oxygen atoms in total. The van der Waals surface area contributed by atoms with Gasteiger partial charge < -0.3 is 10.2 Å². The van der Waals surface area contributed by atoms with E-state index < -0.39 is 34.7 Å². The second kappa shape index (κ2) is 7.65. The van der Waals surface area contributed by atoms with E-state index in [1.807, 2.05) is 20.8 Å². The molecule has 28 heavy (non-hydrogen) atoms. The zero-order valence-corrected chi connectivity index (χ0v) is 16.3. The minimum Gasteiger partial charge on any atom is -0.348 e. The van der Waals surface area contributed by atoms with Gasteiger partial charge in [-0.1, -0.05) is 32.9 Å². The van der Waals surface area contributed by atoms with E-state index in [1.54, 1.807) is 19.0 Å². The SMILES string of the molecule is CN(C)c1nc(C(=O)NC(c2ccc(C(F)(F)F)cc2)C(C)(C)C)cc(=O)[nH]1. The third-order valence-electron chi connectivity index (χ3n) is 4.10. The molecule has 0 aliphatic rings. The molecule has 0 bridgehead atoms. The first-order chi connectivity index (χ1) is 12.8. The summed E-state index contributed by atoms with van der Waals surface area (Å²) in [6, 6.07) is 5.14. The molecular formula is C19H23F3N4O2. The summed E-state index contributed by atoms with van der Waals surface area (Å²) in [5.74, 6) is -0.367. The number of benzene rings is 1. The second-order valence-corrected chi connectivity index (χ2v) is 7.74. The monoisotopic (exact) mass is 396 g/mol. The fourth-order valence-corrected chi connectivity index (χ4v) is 2.64. The number of aromatic amines is 1. The molecule has 1 unspecified atom stereocenters. The van der Waals surface area contributed by atoms with Gasteiger partial charge in [0.25, 0.3) is 11.5 Å². The zero-order chi connectivity index (χ0) is 21.3. The Kier molecular flexibility index (Phi) is 5.86. The summed E-state index contributed by atoms with van der Waals surface area (Å²) in [5, 5.41) is 2.79. The zero-order valence-electron chi connectivity index (χ0n) is 16.3. The summed E-state index contributed by atoms with van der Waals surface area (Å²) in [6.45, 7) is 5.56. The van der Waals surface area contributed by atoms with Crippen LogP contribution in [0.2, 0.25) is 0 Å². The lowest BCUT2D eigenvalue weighted by atomic mass is 9.82. The Hall–Kier alpha value is -2.84. The van der Waals surface area contributed by atoms with Crippen LogP contribution < -0.4 is 15.8 Å². The van der Waals surface area contributed by atoms with Crippen molar-refractivity contribution in [2.75, 3.05) is 19.0 Å². The van der Waals surface area contributed by atoms with Gasteiger partial charge in [0.15, 0.2) is 0 Å². The Morgan fingerprint density at radius 1 is 1.14 bits per heavy atom. The van der Waals surface area contributed by atoms with Crippen LogP contribution in [0.5, 0.6) is 0 Å². The highest BCUT2D eigenvalue weighted by molar-refractivity contribution is 5.92. The molecule has 9 heteroatoms. The molecule has 1 aromatic heterocycles. The minimum absolute atomic E-state index is 0.0754. The molecule has 1 atom stereocenters. The molecule has 1 amide bonds. The van der Waals surface area contributed by atoms with Crippen molar-refractivity contribution in [1.29, 1.82) is 0 Å². The quantitative estimate of drug-likeness (QED) is 0.831. The van der Waals surface area contributed by atoms with Gasteiger partial charge in [0, 0.05) is 20.2 Å². The maximum absolute atomic E-state index is 12.8. The van der Waals surface area contributed by atoms with Gasteiger partial charge in [-0.05, 0) is 23.1 Å². The van der Waals surface area contributed by atoms with Crippen molar-refractivity contribution in [3.8, 4) is 0 Å². The Balaban J connectivity index is 2.36. The van der Waals surface area contributed by atoms with Crippen molar-refractivity contribution < 1.29 is 18.0 Å². The lowest BCUT2D eigenvalue weighted by Gasteiger charge is -2.32. The summed E-state index contributed by atoms with van der Waals surface area (Å²) in [4.78, 5) is 32.7. The summed E-state index contributed by atoms with van der Waals surface area (Å²) in [5.41, 5.74) is -1.30. The van der Waals surface area contributed by atoms with Crippen LogP contribution in [-0.4, -0.2) is 30.0 Å². The molecule has 0 saturated heterocycles. The van der Waals surface area contributed by atoms with E-state index in [1.165, 1.54) is 12.1 Å². The van der Waals surface area contributed by atoms with Crippen LogP contribution in [0, 0.1) is 5.41 Å². The van der Waals surface area contributed by atoms with Crippen molar-refractivity contribution in [3.05, 3.63) is 57.5 Å². The molecule has 0 aliphatic heterocycles. The van der Waals surface area contributed by atoms with E-state index in [0.29, 0.717) is 5.56 Å². The van der Waals surface area contributed by atoms with E-state index in [4.69, 9.17) is 0 Å². The number of alkyl halides is 3. The Morgan fingerprint density at radius 2 is 1.71 bits per heavy atom. The molecule has 2 N–H and O–H groups in total. The number of hydrogen-bond donors (Lipinski definition) is 2. The van der Waals surface area contributed by atoms with Gasteiger partial charge in [-0.2, -0.15) is 13.2 Å². The Bertz CT molecular complexity index is 897. The van der Waals surface area contributed by atoms with Crippen LogP contribution in [0.4, 0.5) is 19.1 Å². The minimum atomic E-state index is -4.43. The van der Waals surface area contributed by atoms with Crippen molar-refractivity contribution in [2.24, 2.45) is 5.41 Å². The van der Waals surface area contributed by atoms with E-state index in [-0.39, 0.29) is 11.6 Å². The Labute approximate surface area is 160 Å². The molecule has 0 saturated carbocycles. The number of H-pyrrole nitrogens is 1. The highest BCUT2D eigenvalue weighted by Gasteiger charge is 2.32. The number of hydrogen-bond acceptors (Lipinski definition) is 4. The summed E-state index contributed by atoms with van der Waals surface area (Å²) < 4.78 is 38.4. The van der Waals surface area contributed by atoms with Gasteiger partial charge >= 0.3 is 6.18 Å². The fourth-order valence-electron chi connectivity index (χ4n) is 2.64. The molecule has 2 rings (SSSR count). The predicted octanol–water partition coefficient (Wildman–Crippen LogP) is 3.37. The van der Waals surface area contributed by atoms with E-state index in [9.17, 15) is 22.8 Å². The van der Waals surface area contributed by atoms with Crippen molar-refractivity contribution in [3.63, 3.8) is 0 Å². The molecule has 0 fully saturated rings. The number of halogens is 3. The van der Waals surface area contributed by atoms with Crippen molar-refractivity contribution in [2.45, 2.75) is 33.0 Å². The largest absolute Gasteiger partial charge is 0.416 e. The standard InChI is InChI=1S/C19H23F3N4O2/c1-18(2,3)15(11-6-8-12(9-7-11)19(20,21)22)25-16(28)13-10-14(27)24-17(23-13)26(4)5/h6-10,15H,1-5H3,(H,25,28)(H,23,24,27). The normalized spacial score (nSPS) is 13.1. The van der Waals surface area contributed by atoms with Gasteiger partial charge in [0.1, 0.15) is 5.69 Å². The molecule has 1 heterocycles. The summed E-state index contributed by atoms with van der Waals surface area (Å²) >= 11 is 0. The molecular weight excluding hydrogens is 373 g/mol. The molecule has 0 aliphatic carbocycles. The highest BCUT2D eigenvalue weighted by Crippen LogP contribution is 2.35. The highest BCUT2D eigenvalue weighted by atomic mass is 19.4. The van der Waals surface area contributed by atoms with Crippen molar-refractivity contribution >= 4 is 11.9 Å². The third kappa shape index (κ3) is 5.11. The molecule has 2 aromatic rings. The second-order valence-electron chi connectivity index (χ2n) is 7.74. The maximum Gasteiger partial charge on any atom is 0.416 e. The van der Waals surface area contributed by atoms with Gasteiger partial charge in [0.05, 0.1) is 11.6 Å². The predicted molar refractivity (Wildman–Crippen MR) is 100 cm³/mol. The van der Waals surface area contributed by atoms with E-state index >= 15 is 0 Å². The first-order valence-corrected chi connectivity index (χ1v) is 8.56. The lowest BCUT2D eigenvalue weighted by molar-refractivity contribution is -0.137. The smallest absolute Gasteiger partial charge is 0.348 e. The number of carbonyl (C=O) groups excluding carboxylic acids is 1. The average molecular weight is 396 g/mol. The molecule has 1 aromatic carbocycles. The lowest BCUT2D eigenvalue weighted by Crippen LogP contribution is -2.37. The number of nitrogens with zero attached hydrogens (tertiary/aromatic N) is 2. The number of rotatable bonds is 4. The molecule has 152 valence electrons. The van der Waals surface area contributed by atoms with Crippen LogP contribution in [-0.2, 0) is 6.18 Å². The summed E-state index contributed by atoms with van der Waals surface area (Å²) in [7, 11) is 3.33. The topological polar surface area (TPSA) is 78.1 Å². The van der Waals surface area contributed by atoms with Crippen LogP contribution in [0.1, 0.15) is 48.4 Å². The average Bonchev–Trinajstić information content (AvgIpc) is 2.57. The van der Waals surface area contributed by atoms with Crippen molar-refractivity contribution in [1.82, 2.24) is 15.3 Å². The van der Waals surface area contributed by atoms with Crippen LogP contribution in [0.25, 0.3) is 0 Å². The van der Waals surface area contributed by atoms with Crippen LogP contribution in [0.15, 0.2) is 35.1 Å². The summed E-state index contributed by atoms with van der Waals surface area (Å²) in [6.07, 6.45) is -4.43. The van der Waals surface area contributed by atoms with E-state index in [0.717, 1.165) is 18.2 Å². The number of anilines is 1. The molecule has 0 radical (unpaired) electrons. The maximum atomic E-state index is 12.8. The van der Waals surface area contributed by atoms with Crippen LogP contribution in [0.3, 0.4) is 0 Å². The van der Waals surface area contributed by atoms with Gasteiger partial charge in [-0.25, -0.2) is 4.98 Å². The third-order valence-corrected chi connectivity index (χ3v) is 4.10. The Morgan fingerprint density at radius 3 is 2.18 bits per heavy atom. The van der Waals surface area contributed by atoms with Gasteiger partial charge in [-0.3, -0.25) is 14.6 Å². The molecule has 0 spiro atoms. The first-order valence-electron chi connectivity index (χ1n) is 8.56.